The fourth-order valence-corrected chi connectivity index (χ4v) is 3.98. The second-order valence-corrected chi connectivity index (χ2v) is 8.08. The molecule has 2 heterocycles. The summed E-state index contributed by atoms with van der Waals surface area (Å²) in [6.45, 7) is 0.848. The van der Waals surface area contributed by atoms with Crippen molar-refractivity contribution in [3.63, 3.8) is 0 Å². The lowest BCUT2D eigenvalue weighted by molar-refractivity contribution is -0.124. The topological polar surface area (TPSA) is 85.7 Å². The van der Waals surface area contributed by atoms with E-state index >= 15 is 0 Å². The van der Waals surface area contributed by atoms with Gasteiger partial charge in [0.1, 0.15) is 12.4 Å². The Morgan fingerprint density at radius 1 is 1.12 bits per heavy atom. The molecule has 2 amide bonds. The highest BCUT2D eigenvalue weighted by atomic mass is 35.5. The molecule has 8 nitrogen and oxygen atoms in total. The van der Waals surface area contributed by atoms with E-state index in [0.29, 0.717) is 54.0 Å². The fourth-order valence-electron chi connectivity index (χ4n) is 3.79. The number of nitrogens with one attached hydrogen (secondary N) is 1. The average Bonchev–Trinajstić information content (AvgIpc) is 3.25. The van der Waals surface area contributed by atoms with Crippen LogP contribution in [0.1, 0.15) is 12.0 Å². The smallest absolute Gasteiger partial charge is 0.240 e. The first kappa shape index (κ1) is 22.7. The summed E-state index contributed by atoms with van der Waals surface area (Å²) < 4.78 is 12.3. The van der Waals surface area contributed by atoms with Gasteiger partial charge in [-0.3, -0.25) is 14.5 Å². The van der Waals surface area contributed by atoms with Crippen molar-refractivity contribution in [2.75, 3.05) is 32.2 Å². The first-order chi connectivity index (χ1) is 16.0. The molecule has 172 valence electrons. The van der Waals surface area contributed by atoms with Crippen molar-refractivity contribution in [3.8, 4) is 22.8 Å². The van der Waals surface area contributed by atoms with Gasteiger partial charge in [-0.05, 0) is 36.2 Å². The lowest BCUT2D eigenvalue weighted by atomic mass is 10.1. The van der Waals surface area contributed by atoms with Gasteiger partial charge < -0.3 is 14.8 Å². The summed E-state index contributed by atoms with van der Waals surface area (Å²) in [7, 11) is 3.17. The maximum absolute atomic E-state index is 12.6. The highest BCUT2D eigenvalue weighted by Crippen LogP contribution is 2.29. The van der Waals surface area contributed by atoms with Gasteiger partial charge in [0, 0.05) is 29.6 Å². The summed E-state index contributed by atoms with van der Waals surface area (Å²) >= 11 is 6.10. The second kappa shape index (κ2) is 9.95. The van der Waals surface area contributed by atoms with Crippen LogP contribution in [0.2, 0.25) is 5.02 Å². The minimum Gasteiger partial charge on any atom is -0.493 e. The number of hydrogen-bond donors (Lipinski definition) is 1. The zero-order valence-electron chi connectivity index (χ0n) is 18.5. The van der Waals surface area contributed by atoms with Crippen molar-refractivity contribution in [1.29, 1.82) is 0 Å². The van der Waals surface area contributed by atoms with E-state index in [1.165, 1.54) is 4.90 Å². The first-order valence-corrected chi connectivity index (χ1v) is 11.0. The molecule has 1 N–H and O–H groups in total. The van der Waals surface area contributed by atoms with Crippen molar-refractivity contribution in [3.05, 3.63) is 59.1 Å². The monoisotopic (exact) mass is 468 g/mol. The molecule has 1 aromatic heterocycles. The quantitative estimate of drug-likeness (QED) is 0.548. The summed E-state index contributed by atoms with van der Waals surface area (Å²) in [5.74, 6) is 1.57. The number of nitrogens with zero attached hydrogens (tertiary/aromatic N) is 3. The summed E-state index contributed by atoms with van der Waals surface area (Å²) in [6, 6.07) is 14.8. The summed E-state index contributed by atoms with van der Waals surface area (Å²) in [5.41, 5.74) is 2.57. The van der Waals surface area contributed by atoms with Crippen LogP contribution in [0.5, 0.6) is 11.5 Å². The van der Waals surface area contributed by atoms with Gasteiger partial charge in [-0.15, -0.1) is 0 Å². The molecule has 4 rings (SSSR count). The van der Waals surface area contributed by atoms with Crippen LogP contribution >= 0.6 is 11.6 Å². The van der Waals surface area contributed by atoms with Gasteiger partial charge >= 0.3 is 0 Å². The number of fused-ring (bicyclic) bond motifs is 1. The number of methoxy groups -OCH3 is 2. The summed E-state index contributed by atoms with van der Waals surface area (Å²) in [4.78, 5) is 26.7. The number of aromatic nitrogens is 2. The predicted octanol–water partition coefficient (Wildman–Crippen LogP) is 3.32. The molecule has 3 aromatic rings. The molecule has 0 aliphatic carbocycles. The Balaban J connectivity index is 1.40. The third kappa shape index (κ3) is 5.12. The zero-order chi connectivity index (χ0) is 23.4. The highest BCUT2D eigenvalue weighted by Gasteiger charge is 2.28. The van der Waals surface area contributed by atoms with Crippen LogP contribution in [-0.4, -0.2) is 48.9 Å². The van der Waals surface area contributed by atoms with Gasteiger partial charge in [0.25, 0.3) is 0 Å². The Labute approximate surface area is 197 Å². The van der Waals surface area contributed by atoms with E-state index in [9.17, 15) is 9.59 Å². The molecule has 1 aliphatic rings. The average molecular weight is 469 g/mol. The number of carbonyl (C=O) groups is 2. The first-order valence-electron chi connectivity index (χ1n) is 10.6. The number of hydrogen-bond acceptors (Lipinski definition) is 5. The predicted molar refractivity (Wildman–Crippen MR) is 126 cm³/mol. The van der Waals surface area contributed by atoms with E-state index in [0.717, 1.165) is 11.1 Å². The largest absolute Gasteiger partial charge is 0.493 e. The van der Waals surface area contributed by atoms with E-state index in [-0.39, 0.29) is 18.4 Å². The lowest BCUT2D eigenvalue weighted by Gasteiger charge is -2.26. The molecule has 0 bridgehead atoms. The SMILES string of the molecule is COc1ccc(CCNC(=O)CN2C(=O)CCn3nc(-c4cccc(Cl)c4)cc32)cc1OC. The van der Waals surface area contributed by atoms with E-state index < -0.39 is 0 Å². The van der Waals surface area contributed by atoms with Crippen LogP contribution in [0.15, 0.2) is 48.5 Å². The van der Waals surface area contributed by atoms with Crippen molar-refractivity contribution in [2.45, 2.75) is 19.4 Å². The van der Waals surface area contributed by atoms with Crippen LogP contribution < -0.4 is 19.7 Å². The van der Waals surface area contributed by atoms with Crippen LogP contribution in [0.4, 0.5) is 5.82 Å². The third-order valence-corrected chi connectivity index (χ3v) is 5.71. The molecule has 1 aliphatic heterocycles. The number of benzene rings is 2. The van der Waals surface area contributed by atoms with Crippen LogP contribution in [0.3, 0.4) is 0 Å². The molecular weight excluding hydrogens is 444 g/mol. The maximum Gasteiger partial charge on any atom is 0.240 e. The fraction of sp³-hybridized carbons (Fsp3) is 0.292. The molecule has 0 atom stereocenters. The van der Waals surface area contributed by atoms with E-state index in [2.05, 4.69) is 10.4 Å². The standard InChI is InChI=1S/C24H25ClN4O4/c1-32-20-7-6-16(12-21(20)33-2)8-10-26-22(30)15-28-23-14-19(17-4-3-5-18(25)13-17)27-29(23)11-9-24(28)31/h3-7,12-14H,8-11,15H2,1-2H3,(H,26,30). The lowest BCUT2D eigenvalue weighted by Crippen LogP contribution is -2.44. The molecule has 0 saturated carbocycles. The molecule has 0 unspecified atom stereocenters. The van der Waals surface area contributed by atoms with Gasteiger partial charge in [-0.1, -0.05) is 29.8 Å². The zero-order valence-corrected chi connectivity index (χ0v) is 19.3. The molecule has 0 spiro atoms. The molecule has 2 aromatic carbocycles. The molecule has 0 radical (unpaired) electrons. The van der Waals surface area contributed by atoms with Crippen molar-refractivity contribution < 1.29 is 19.1 Å². The number of amides is 2. The number of anilines is 1. The Morgan fingerprint density at radius 3 is 2.70 bits per heavy atom. The molecule has 0 fully saturated rings. The Kier molecular flexibility index (Phi) is 6.84. The van der Waals surface area contributed by atoms with Crippen LogP contribution in [0, 0.1) is 0 Å². The molecule has 9 heteroatoms. The van der Waals surface area contributed by atoms with E-state index in [1.807, 2.05) is 42.5 Å². The molecular formula is C24H25ClN4O4. The number of carbonyl (C=O) groups excluding carboxylic acids is 2. The van der Waals surface area contributed by atoms with Crippen LogP contribution in [0.25, 0.3) is 11.3 Å². The van der Waals surface area contributed by atoms with Crippen molar-refractivity contribution in [1.82, 2.24) is 15.1 Å². The Morgan fingerprint density at radius 2 is 1.94 bits per heavy atom. The minimum absolute atomic E-state index is 0.0640. The van der Waals surface area contributed by atoms with Gasteiger partial charge in [-0.2, -0.15) is 5.10 Å². The normalized spacial score (nSPS) is 12.9. The number of halogens is 1. The van der Waals surface area contributed by atoms with Gasteiger partial charge in [-0.25, -0.2) is 4.68 Å². The Hall–Kier alpha value is -3.52. The minimum atomic E-state index is -0.234. The Bertz CT molecular complexity index is 1180. The highest BCUT2D eigenvalue weighted by molar-refractivity contribution is 6.30. The van der Waals surface area contributed by atoms with Crippen molar-refractivity contribution in [2.24, 2.45) is 0 Å². The molecule has 0 saturated heterocycles. The van der Waals surface area contributed by atoms with E-state index in [1.54, 1.807) is 25.0 Å². The maximum atomic E-state index is 12.6. The second-order valence-electron chi connectivity index (χ2n) is 7.64. The number of aryl methyl sites for hydroxylation is 1. The van der Waals surface area contributed by atoms with Gasteiger partial charge in [0.2, 0.25) is 11.8 Å². The number of ether oxygens (including phenoxy) is 2. The third-order valence-electron chi connectivity index (χ3n) is 5.48. The van der Waals surface area contributed by atoms with E-state index in [4.69, 9.17) is 21.1 Å². The van der Waals surface area contributed by atoms with Crippen molar-refractivity contribution >= 4 is 29.2 Å². The van der Waals surface area contributed by atoms with Gasteiger partial charge in [0.05, 0.1) is 26.5 Å². The van der Waals surface area contributed by atoms with Crippen LogP contribution in [-0.2, 0) is 22.6 Å². The summed E-state index contributed by atoms with van der Waals surface area (Å²) in [5, 5.41) is 8.10. The summed E-state index contributed by atoms with van der Waals surface area (Å²) in [6.07, 6.45) is 0.916. The molecule has 33 heavy (non-hydrogen) atoms. The number of rotatable bonds is 8. The van der Waals surface area contributed by atoms with Gasteiger partial charge in [0.15, 0.2) is 11.5 Å².